The maximum absolute atomic E-state index is 12.6. The van der Waals surface area contributed by atoms with Gasteiger partial charge in [0.15, 0.2) is 0 Å². The largest absolute Gasteiger partial charge is 0.466 e. The number of esters is 1. The van der Waals surface area contributed by atoms with Gasteiger partial charge in [-0.3, -0.25) is 9.78 Å². The molecular weight excluding hydrogens is 244 g/mol. The molecule has 0 radical (unpaired) electrons. The van der Waals surface area contributed by atoms with Crippen LogP contribution in [0.2, 0.25) is 0 Å². The van der Waals surface area contributed by atoms with Crippen LogP contribution in [-0.4, -0.2) is 17.6 Å². The lowest BCUT2D eigenvalue weighted by Gasteiger charge is -2.13. The van der Waals surface area contributed by atoms with Gasteiger partial charge < -0.3 is 16.2 Å². The van der Waals surface area contributed by atoms with E-state index in [0.717, 1.165) is 6.20 Å². The third-order valence-corrected chi connectivity index (χ3v) is 2.40. The number of rotatable bonds is 5. The van der Waals surface area contributed by atoms with Gasteiger partial charge >= 0.3 is 5.97 Å². The van der Waals surface area contributed by atoms with Crippen LogP contribution in [0.15, 0.2) is 6.20 Å². The number of nitrogens with zero attached hydrogens (tertiary/aromatic N) is 1. The van der Waals surface area contributed by atoms with E-state index in [2.05, 4.69) is 4.98 Å². The van der Waals surface area contributed by atoms with E-state index in [1.54, 1.807) is 6.92 Å². The predicted octanol–water partition coefficient (Wildman–Crippen LogP) is 1.17. The number of pyridine rings is 1. The number of halogens is 2. The summed E-state index contributed by atoms with van der Waals surface area (Å²) < 4.78 is 30.0. The SMILES string of the molecule is CCOC(=O)Cc1ncc(C(F)F)c(N)c1CN. The smallest absolute Gasteiger partial charge is 0.311 e. The van der Waals surface area contributed by atoms with Crippen molar-refractivity contribution in [1.29, 1.82) is 0 Å². The molecule has 4 N–H and O–H groups in total. The van der Waals surface area contributed by atoms with E-state index in [0.29, 0.717) is 0 Å². The molecular formula is C11H15F2N3O2. The highest BCUT2D eigenvalue weighted by Crippen LogP contribution is 2.28. The van der Waals surface area contributed by atoms with E-state index in [9.17, 15) is 13.6 Å². The summed E-state index contributed by atoms with van der Waals surface area (Å²) in [5.41, 5.74) is 11.1. The highest BCUT2D eigenvalue weighted by atomic mass is 19.3. The Kier molecular flexibility index (Phi) is 4.96. The fourth-order valence-corrected chi connectivity index (χ4v) is 1.53. The Morgan fingerprint density at radius 2 is 2.22 bits per heavy atom. The van der Waals surface area contributed by atoms with E-state index in [4.69, 9.17) is 16.2 Å². The third kappa shape index (κ3) is 3.13. The van der Waals surface area contributed by atoms with Crippen LogP contribution >= 0.6 is 0 Å². The molecule has 0 saturated carbocycles. The summed E-state index contributed by atoms with van der Waals surface area (Å²) in [6.45, 7) is 1.85. The molecule has 0 atom stereocenters. The average molecular weight is 259 g/mol. The number of hydrogen-bond donors (Lipinski definition) is 2. The molecule has 0 saturated heterocycles. The lowest BCUT2D eigenvalue weighted by Crippen LogP contribution is -2.15. The summed E-state index contributed by atoms with van der Waals surface area (Å²) >= 11 is 0. The van der Waals surface area contributed by atoms with Crippen molar-refractivity contribution in [2.45, 2.75) is 26.3 Å². The second-order valence-corrected chi connectivity index (χ2v) is 3.54. The van der Waals surface area contributed by atoms with Crippen molar-refractivity contribution in [3.63, 3.8) is 0 Å². The lowest BCUT2D eigenvalue weighted by atomic mass is 10.1. The first-order valence-electron chi connectivity index (χ1n) is 5.41. The quantitative estimate of drug-likeness (QED) is 0.774. The second kappa shape index (κ2) is 6.25. The fraction of sp³-hybridized carbons (Fsp3) is 0.455. The van der Waals surface area contributed by atoms with Crippen LogP contribution in [0.1, 0.15) is 30.2 Å². The van der Waals surface area contributed by atoms with E-state index in [-0.39, 0.29) is 42.1 Å². The first-order chi connectivity index (χ1) is 8.51. The second-order valence-electron chi connectivity index (χ2n) is 3.54. The number of alkyl halides is 2. The Morgan fingerprint density at radius 3 is 2.72 bits per heavy atom. The first kappa shape index (κ1) is 14.3. The summed E-state index contributed by atoms with van der Waals surface area (Å²) in [6, 6.07) is 0. The summed E-state index contributed by atoms with van der Waals surface area (Å²) in [4.78, 5) is 15.1. The van der Waals surface area contributed by atoms with Gasteiger partial charge in [0.25, 0.3) is 6.43 Å². The molecule has 1 aromatic rings. The molecule has 18 heavy (non-hydrogen) atoms. The molecule has 1 aromatic heterocycles. The van der Waals surface area contributed by atoms with Crippen molar-refractivity contribution in [3.8, 4) is 0 Å². The van der Waals surface area contributed by atoms with Crippen molar-refractivity contribution >= 4 is 11.7 Å². The number of carbonyl (C=O) groups excluding carboxylic acids is 1. The summed E-state index contributed by atoms with van der Waals surface area (Å²) in [7, 11) is 0. The molecule has 1 rings (SSSR count). The minimum atomic E-state index is -2.72. The maximum atomic E-state index is 12.6. The number of carbonyl (C=O) groups is 1. The zero-order valence-corrected chi connectivity index (χ0v) is 9.95. The molecule has 0 aliphatic rings. The Balaban J connectivity index is 3.07. The highest BCUT2D eigenvalue weighted by Gasteiger charge is 2.19. The van der Waals surface area contributed by atoms with Crippen LogP contribution in [0, 0.1) is 0 Å². The Morgan fingerprint density at radius 1 is 1.56 bits per heavy atom. The topological polar surface area (TPSA) is 91.2 Å². The molecule has 0 unspecified atom stereocenters. The molecule has 0 bridgehead atoms. The van der Waals surface area contributed by atoms with Crippen LogP contribution < -0.4 is 11.5 Å². The van der Waals surface area contributed by atoms with Gasteiger partial charge in [-0.1, -0.05) is 0 Å². The van der Waals surface area contributed by atoms with Crippen molar-refractivity contribution in [2.24, 2.45) is 5.73 Å². The van der Waals surface area contributed by atoms with Crippen molar-refractivity contribution in [1.82, 2.24) is 4.98 Å². The van der Waals surface area contributed by atoms with Crippen molar-refractivity contribution in [3.05, 3.63) is 23.0 Å². The molecule has 0 aliphatic heterocycles. The van der Waals surface area contributed by atoms with E-state index in [1.165, 1.54) is 0 Å². The standard InChI is InChI=1S/C11H15F2N3O2/c1-2-18-9(17)3-8-6(4-14)10(15)7(5-16-8)11(12)13/h5,11H,2-4,14H2,1H3,(H2,15,16). The zero-order chi connectivity index (χ0) is 13.7. The van der Waals surface area contributed by atoms with E-state index in [1.807, 2.05) is 0 Å². The first-order valence-corrected chi connectivity index (χ1v) is 5.41. The van der Waals surface area contributed by atoms with E-state index >= 15 is 0 Å². The highest BCUT2D eigenvalue weighted by molar-refractivity contribution is 5.73. The molecule has 1 heterocycles. The third-order valence-electron chi connectivity index (χ3n) is 2.40. The van der Waals surface area contributed by atoms with Gasteiger partial charge in [-0.05, 0) is 6.92 Å². The molecule has 7 heteroatoms. The minimum absolute atomic E-state index is 0.0614. The van der Waals surface area contributed by atoms with Crippen LogP contribution in [0.3, 0.4) is 0 Å². The maximum Gasteiger partial charge on any atom is 0.311 e. The fourth-order valence-electron chi connectivity index (χ4n) is 1.53. The van der Waals surface area contributed by atoms with Gasteiger partial charge in [0.2, 0.25) is 0 Å². The minimum Gasteiger partial charge on any atom is -0.466 e. The van der Waals surface area contributed by atoms with Gasteiger partial charge in [0.1, 0.15) is 0 Å². The van der Waals surface area contributed by atoms with Gasteiger partial charge in [0, 0.05) is 24.0 Å². The molecule has 0 aromatic carbocycles. The monoisotopic (exact) mass is 259 g/mol. The normalized spacial score (nSPS) is 10.7. The molecule has 0 aliphatic carbocycles. The van der Waals surface area contributed by atoms with Gasteiger partial charge in [-0.15, -0.1) is 0 Å². The van der Waals surface area contributed by atoms with Crippen LogP contribution in [0.5, 0.6) is 0 Å². The Hall–Kier alpha value is -1.76. The van der Waals surface area contributed by atoms with Gasteiger partial charge in [-0.25, -0.2) is 8.78 Å². The number of aromatic nitrogens is 1. The van der Waals surface area contributed by atoms with Crippen molar-refractivity contribution < 1.29 is 18.3 Å². The molecule has 0 spiro atoms. The lowest BCUT2D eigenvalue weighted by molar-refractivity contribution is -0.142. The average Bonchev–Trinajstić information content (AvgIpc) is 2.29. The van der Waals surface area contributed by atoms with Crippen LogP contribution in [0.25, 0.3) is 0 Å². The summed E-state index contributed by atoms with van der Waals surface area (Å²) in [5, 5.41) is 0. The van der Waals surface area contributed by atoms with Crippen LogP contribution in [0.4, 0.5) is 14.5 Å². The summed E-state index contributed by atoms with van der Waals surface area (Å²) in [6.07, 6.45) is -1.89. The number of ether oxygens (including phenoxy) is 1. The number of nitrogen functional groups attached to an aromatic ring is 1. The van der Waals surface area contributed by atoms with Crippen LogP contribution in [-0.2, 0) is 22.5 Å². The molecule has 0 amide bonds. The zero-order valence-electron chi connectivity index (χ0n) is 9.95. The summed E-state index contributed by atoms with van der Waals surface area (Å²) in [5.74, 6) is -0.496. The number of hydrogen-bond acceptors (Lipinski definition) is 5. The van der Waals surface area contributed by atoms with E-state index < -0.39 is 12.4 Å². The van der Waals surface area contributed by atoms with Gasteiger partial charge in [0.05, 0.1) is 24.3 Å². The Bertz CT molecular complexity index is 439. The number of nitrogens with two attached hydrogens (primary N) is 2. The Labute approximate surface area is 103 Å². The predicted molar refractivity (Wildman–Crippen MR) is 61.8 cm³/mol. The molecule has 100 valence electrons. The molecule has 5 nitrogen and oxygen atoms in total. The van der Waals surface area contributed by atoms with Gasteiger partial charge in [-0.2, -0.15) is 0 Å². The van der Waals surface area contributed by atoms with Crippen molar-refractivity contribution in [2.75, 3.05) is 12.3 Å². The number of anilines is 1. The molecule has 0 fully saturated rings.